The van der Waals surface area contributed by atoms with Crippen molar-refractivity contribution in [3.05, 3.63) is 0 Å². The standard InChI is InChI=1S/C12H23NO/c1-3-10(2)11-4-6-13(7-5-11)12-8-14-9-12/h10-12H,3-9H2,1-2H3. The summed E-state index contributed by atoms with van der Waals surface area (Å²) in [6.07, 6.45) is 4.16. The van der Waals surface area contributed by atoms with Crippen LogP contribution >= 0.6 is 0 Å². The number of ether oxygens (including phenoxy) is 1. The fraction of sp³-hybridized carbons (Fsp3) is 1.00. The van der Waals surface area contributed by atoms with Crippen LogP contribution in [-0.2, 0) is 4.74 Å². The molecule has 2 saturated heterocycles. The van der Waals surface area contributed by atoms with Gasteiger partial charge in [-0.1, -0.05) is 20.3 Å². The molecule has 2 aliphatic rings. The lowest BCUT2D eigenvalue weighted by atomic mass is 9.83. The third-order valence-corrected chi connectivity index (χ3v) is 4.16. The van der Waals surface area contributed by atoms with E-state index in [0.717, 1.165) is 31.1 Å². The Balaban J connectivity index is 1.74. The molecule has 0 aliphatic carbocycles. The molecule has 0 spiro atoms. The summed E-state index contributed by atoms with van der Waals surface area (Å²) >= 11 is 0. The van der Waals surface area contributed by atoms with Crippen LogP contribution in [0.2, 0.25) is 0 Å². The van der Waals surface area contributed by atoms with Crippen molar-refractivity contribution in [3.63, 3.8) is 0 Å². The van der Waals surface area contributed by atoms with Crippen molar-refractivity contribution in [2.45, 2.75) is 39.2 Å². The molecule has 0 amide bonds. The molecule has 0 bridgehead atoms. The van der Waals surface area contributed by atoms with E-state index in [2.05, 4.69) is 18.7 Å². The molecule has 1 unspecified atom stereocenters. The number of hydrogen-bond donors (Lipinski definition) is 0. The normalized spacial score (nSPS) is 28.7. The smallest absolute Gasteiger partial charge is 0.0645 e. The SMILES string of the molecule is CCC(C)C1CCN(C2COC2)CC1. The van der Waals surface area contributed by atoms with E-state index in [-0.39, 0.29) is 0 Å². The lowest BCUT2D eigenvalue weighted by Crippen LogP contribution is -2.52. The quantitative estimate of drug-likeness (QED) is 0.687. The first-order valence-electron chi connectivity index (χ1n) is 6.13. The van der Waals surface area contributed by atoms with Gasteiger partial charge in [-0.15, -0.1) is 0 Å². The molecule has 2 nitrogen and oxygen atoms in total. The molecule has 0 radical (unpaired) electrons. The number of hydrogen-bond acceptors (Lipinski definition) is 2. The Bertz CT molecular complexity index is 158. The molecular formula is C12H23NO. The summed E-state index contributed by atoms with van der Waals surface area (Å²) in [6.45, 7) is 9.30. The van der Waals surface area contributed by atoms with Gasteiger partial charge in [-0.2, -0.15) is 0 Å². The summed E-state index contributed by atoms with van der Waals surface area (Å²) in [4.78, 5) is 2.63. The van der Waals surface area contributed by atoms with Crippen LogP contribution in [0.3, 0.4) is 0 Å². The van der Waals surface area contributed by atoms with E-state index < -0.39 is 0 Å². The summed E-state index contributed by atoms with van der Waals surface area (Å²) in [6, 6.07) is 0.757. The van der Waals surface area contributed by atoms with Gasteiger partial charge in [0.25, 0.3) is 0 Å². The van der Waals surface area contributed by atoms with Crippen molar-refractivity contribution in [1.29, 1.82) is 0 Å². The summed E-state index contributed by atoms with van der Waals surface area (Å²) in [5, 5.41) is 0. The maximum Gasteiger partial charge on any atom is 0.0645 e. The molecule has 0 aromatic rings. The highest BCUT2D eigenvalue weighted by Gasteiger charge is 2.30. The van der Waals surface area contributed by atoms with E-state index in [4.69, 9.17) is 4.74 Å². The molecule has 2 aliphatic heterocycles. The fourth-order valence-electron chi connectivity index (χ4n) is 2.62. The molecule has 2 rings (SSSR count). The van der Waals surface area contributed by atoms with Gasteiger partial charge in [-0.3, -0.25) is 4.90 Å². The zero-order valence-electron chi connectivity index (χ0n) is 9.54. The second kappa shape index (κ2) is 4.63. The number of rotatable bonds is 3. The van der Waals surface area contributed by atoms with Crippen LogP contribution in [0.4, 0.5) is 0 Å². The number of likely N-dealkylation sites (tertiary alicyclic amines) is 1. The summed E-state index contributed by atoms with van der Waals surface area (Å²) in [7, 11) is 0. The van der Waals surface area contributed by atoms with Crippen molar-refractivity contribution in [1.82, 2.24) is 4.90 Å². The molecular weight excluding hydrogens is 174 g/mol. The van der Waals surface area contributed by atoms with Gasteiger partial charge in [0.15, 0.2) is 0 Å². The summed E-state index contributed by atoms with van der Waals surface area (Å²) < 4.78 is 5.24. The highest BCUT2D eigenvalue weighted by atomic mass is 16.5. The average molecular weight is 197 g/mol. The maximum absolute atomic E-state index is 5.24. The minimum atomic E-state index is 0.757. The first kappa shape index (κ1) is 10.4. The van der Waals surface area contributed by atoms with Crippen molar-refractivity contribution in [2.75, 3.05) is 26.3 Å². The summed E-state index contributed by atoms with van der Waals surface area (Å²) in [5.74, 6) is 1.91. The van der Waals surface area contributed by atoms with E-state index in [1.54, 1.807) is 0 Å². The Morgan fingerprint density at radius 1 is 1.29 bits per heavy atom. The van der Waals surface area contributed by atoms with Crippen molar-refractivity contribution in [2.24, 2.45) is 11.8 Å². The lowest BCUT2D eigenvalue weighted by molar-refractivity contribution is -0.0756. The zero-order chi connectivity index (χ0) is 9.97. The zero-order valence-corrected chi connectivity index (χ0v) is 9.54. The predicted molar refractivity (Wildman–Crippen MR) is 58.4 cm³/mol. The Labute approximate surface area is 87.6 Å². The van der Waals surface area contributed by atoms with Crippen LogP contribution in [0.1, 0.15) is 33.1 Å². The van der Waals surface area contributed by atoms with Gasteiger partial charge in [0, 0.05) is 0 Å². The van der Waals surface area contributed by atoms with E-state index in [9.17, 15) is 0 Å². The number of piperidine rings is 1. The Morgan fingerprint density at radius 3 is 2.36 bits per heavy atom. The Hall–Kier alpha value is -0.0800. The van der Waals surface area contributed by atoms with Crippen LogP contribution in [0.5, 0.6) is 0 Å². The monoisotopic (exact) mass is 197 g/mol. The molecule has 0 aromatic carbocycles. The second-order valence-corrected chi connectivity index (χ2v) is 4.95. The Kier molecular flexibility index (Phi) is 3.45. The molecule has 2 heterocycles. The van der Waals surface area contributed by atoms with Gasteiger partial charge < -0.3 is 4.74 Å². The van der Waals surface area contributed by atoms with E-state index >= 15 is 0 Å². The minimum Gasteiger partial charge on any atom is -0.378 e. The third-order valence-electron chi connectivity index (χ3n) is 4.16. The topological polar surface area (TPSA) is 12.5 Å². The highest BCUT2D eigenvalue weighted by Crippen LogP contribution is 2.28. The van der Waals surface area contributed by atoms with Crippen LogP contribution in [0.15, 0.2) is 0 Å². The van der Waals surface area contributed by atoms with Crippen molar-refractivity contribution in [3.8, 4) is 0 Å². The van der Waals surface area contributed by atoms with Crippen LogP contribution in [0, 0.1) is 11.8 Å². The molecule has 2 fully saturated rings. The maximum atomic E-state index is 5.24. The average Bonchev–Trinajstić information content (AvgIpc) is 2.15. The summed E-state index contributed by atoms with van der Waals surface area (Å²) in [5.41, 5.74) is 0. The van der Waals surface area contributed by atoms with Gasteiger partial charge in [0.1, 0.15) is 0 Å². The van der Waals surface area contributed by atoms with Gasteiger partial charge in [0.05, 0.1) is 19.3 Å². The lowest BCUT2D eigenvalue weighted by Gasteiger charge is -2.42. The van der Waals surface area contributed by atoms with Crippen LogP contribution in [0.25, 0.3) is 0 Å². The van der Waals surface area contributed by atoms with Crippen LogP contribution in [-0.4, -0.2) is 37.2 Å². The van der Waals surface area contributed by atoms with Gasteiger partial charge in [0.2, 0.25) is 0 Å². The minimum absolute atomic E-state index is 0.757. The molecule has 14 heavy (non-hydrogen) atoms. The molecule has 0 saturated carbocycles. The molecule has 1 atom stereocenters. The highest BCUT2D eigenvalue weighted by molar-refractivity contribution is 4.83. The van der Waals surface area contributed by atoms with Gasteiger partial charge in [-0.25, -0.2) is 0 Å². The first-order chi connectivity index (χ1) is 6.81. The van der Waals surface area contributed by atoms with Gasteiger partial charge in [-0.05, 0) is 37.8 Å². The number of nitrogens with zero attached hydrogens (tertiary/aromatic N) is 1. The Morgan fingerprint density at radius 2 is 1.93 bits per heavy atom. The van der Waals surface area contributed by atoms with E-state index in [1.807, 2.05) is 0 Å². The second-order valence-electron chi connectivity index (χ2n) is 4.95. The van der Waals surface area contributed by atoms with Crippen molar-refractivity contribution < 1.29 is 4.74 Å². The third kappa shape index (κ3) is 2.12. The first-order valence-corrected chi connectivity index (χ1v) is 6.13. The fourth-order valence-corrected chi connectivity index (χ4v) is 2.62. The van der Waals surface area contributed by atoms with Crippen molar-refractivity contribution >= 4 is 0 Å². The molecule has 0 N–H and O–H groups in total. The molecule has 82 valence electrons. The van der Waals surface area contributed by atoms with Gasteiger partial charge >= 0.3 is 0 Å². The molecule has 0 aromatic heterocycles. The van der Waals surface area contributed by atoms with E-state index in [0.29, 0.717) is 0 Å². The largest absolute Gasteiger partial charge is 0.378 e. The van der Waals surface area contributed by atoms with E-state index in [1.165, 1.54) is 32.4 Å². The molecule has 2 heteroatoms. The van der Waals surface area contributed by atoms with Crippen LogP contribution < -0.4 is 0 Å². The predicted octanol–water partition coefficient (Wildman–Crippen LogP) is 2.14.